The van der Waals surface area contributed by atoms with Crippen LogP contribution in [0.1, 0.15) is 0 Å². The van der Waals surface area contributed by atoms with Crippen LogP contribution in [0.4, 0.5) is 0 Å². The molecule has 0 N–H and O–H groups in total. The number of aromatic nitrogens is 3. The Morgan fingerprint density at radius 2 is 0.855 bits per heavy atom. The third kappa shape index (κ3) is 5.34. The Bertz CT molecular complexity index is 3260. The maximum Gasteiger partial charge on any atom is 0.164 e. The number of hydrogen-bond acceptors (Lipinski definition) is 4. The SMILES string of the molecule is c1ccc(-c2ccc3c(ccc4cc(-c5nc(-c6ccccc6)nc(-c6ccc(-c7ccc8ccccc8c7)c7oc8ccccc8c67)n5)ccc43)c2)cc1. The fraction of sp³-hybridized carbons (Fsp3) is 0. The van der Waals surface area contributed by atoms with Crippen molar-refractivity contribution in [2.45, 2.75) is 0 Å². The molecule has 0 saturated carbocycles. The van der Waals surface area contributed by atoms with Crippen LogP contribution in [0.3, 0.4) is 0 Å². The molecule has 0 atom stereocenters. The molecule has 0 saturated heterocycles. The van der Waals surface area contributed by atoms with E-state index in [1.807, 2.05) is 42.5 Å². The summed E-state index contributed by atoms with van der Waals surface area (Å²) in [6, 6.07) is 65.8. The highest BCUT2D eigenvalue weighted by Gasteiger charge is 2.21. The first-order valence-electron chi connectivity index (χ1n) is 18.5. The zero-order valence-corrected chi connectivity index (χ0v) is 29.6. The predicted molar refractivity (Wildman–Crippen MR) is 227 cm³/mol. The van der Waals surface area contributed by atoms with Crippen molar-refractivity contribution >= 4 is 54.3 Å². The molecule has 4 heteroatoms. The Kier molecular flexibility index (Phi) is 7.14. The van der Waals surface area contributed by atoms with Crippen molar-refractivity contribution < 1.29 is 4.42 Å². The van der Waals surface area contributed by atoms with Gasteiger partial charge >= 0.3 is 0 Å². The van der Waals surface area contributed by atoms with E-state index in [2.05, 4.69) is 146 Å². The van der Waals surface area contributed by atoms with E-state index in [1.165, 1.54) is 38.1 Å². The number of rotatable bonds is 5. The minimum absolute atomic E-state index is 0.595. The molecular formula is C51H31N3O. The van der Waals surface area contributed by atoms with Crippen molar-refractivity contribution in [2.75, 3.05) is 0 Å². The molecule has 2 heterocycles. The molecule has 55 heavy (non-hydrogen) atoms. The summed E-state index contributed by atoms with van der Waals surface area (Å²) in [7, 11) is 0. The lowest BCUT2D eigenvalue weighted by molar-refractivity contribution is 0.670. The van der Waals surface area contributed by atoms with Crippen LogP contribution in [-0.4, -0.2) is 15.0 Å². The van der Waals surface area contributed by atoms with Crippen molar-refractivity contribution in [1.29, 1.82) is 0 Å². The van der Waals surface area contributed by atoms with Gasteiger partial charge in [-0.2, -0.15) is 0 Å². The maximum atomic E-state index is 6.69. The van der Waals surface area contributed by atoms with E-state index in [-0.39, 0.29) is 0 Å². The van der Waals surface area contributed by atoms with E-state index in [0.29, 0.717) is 17.5 Å². The minimum Gasteiger partial charge on any atom is -0.455 e. The van der Waals surface area contributed by atoms with Gasteiger partial charge in [-0.1, -0.05) is 152 Å². The topological polar surface area (TPSA) is 51.8 Å². The lowest BCUT2D eigenvalue weighted by Crippen LogP contribution is -2.00. The van der Waals surface area contributed by atoms with Crippen LogP contribution >= 0.6 is 0 Å². The number of hydrogen-bond donors (Lipinski definition) is 0. The molecule has 0 unspecified atom stereocenters. The summed E-state index contributed by atoms with van der Waals surface area (Å²) in [5, 5.41) is 9.13. The normalized spacial score (nSPS) is 11.6. The molecule has 2 aromatic heterocycles. The third-order valence-corrected chi connectivity index (χ3v) is 10.7. The van der Waals surface area contributed by atoms with Gasteiger partial charge in [0.1, 0.15) is 11.2 Å². The van der Waals surface area contributed by atoms with Gasteiger partial charge in [0.2, 0.25) is 0 Å². The van der Waals surface area contributed by atoms with Crippen molar-refractivity contribution in [3.05, 3.63) is 188 Å². The van der Waals surface area contributed by atoms with E-state index in [4.69, 9.17) is 19.4 Å². The van der Waals surface area contributed by atoms with Crippen LogP contribution in [0.15, 0.2) is 192 Å². The zero-order chi connectivity index (χ0) is 36.3. The number of para-hydroxylation sites is 1. The van der Waals surface area contributed by atoms with Crippen LogP contribution in [0.25, 0.3) is 111 Å². The lowest BCUT2D eigenvalue weighted by atomic mass is 9.96. The molecule has 11 rings (SSSR count). The molecule has 0 aliphatic rings. The van der Waals surface area contributed by atoms with Gasteiger partial charge in [0, 0.05) is 33.0 Å². The molecule has 0 spiro atoms. The monoisotopic (exact) mass is 701 g/mol. The van der Waals surface area contributed by atoms with Crippen LogP contribution in [-0.2, 0) is 0 Å². The van der Waals surface area contributed by atoms with Crippen LogP contribution in [0.5, 0.6) is 0 Å². The summed E-state index contributed by atoms with van der Waals surface area (Å²) in [5.41, 5.74) is 8.91. The second-order valence-corrected chi connectivity index (χ2v) is 14.0. The molecule has 0 aliphatic carbocycles. The Labute approximate surface area is 317 Å². The first-order valence-corrected chi connectivity index (χ1v) is 18.5. The smallest absolute Gasteiger partial charge is 0.164 e. The highest BCUT2D eigenvalue weighted by Crippen LogP contribution is 2.42. The summed E-state index contributed by atoms with van der Waals surface area (Å²) in [6.07, 6.45) is 0. The third-order valence-electron chi connectivity index (χ3n) is 10.7. The van der Waals surface area contributed by atoms with Crippen molar-refractivity contribution in [3.8, 4) is 56.4 Å². The van der Waals surface area contributed by atoms with Crippen molar-refractivity contribution in [2.24, 2.45) is 0 Å². The zero-order valence-electron chi connectivity index (χ0n) is 29.6. The summed E-state index contributed by atoms with van der Waals surface area (Å²) in [5.74, 6) is 1.83. The Hall–Kier alpha value is -7.43. The lowest BCUT2D eigenvalue weighted by Gasteiger charge is -2.12. The van der Waals surface area contributed by atoms with Gasteiger partial charge in [0.25, 0.3) is 0 Å². The highest BCUT2D eigenvalue weighted by atomic mass is 16.3. The van der Waals surface area contributed by atoms with Gasteiger partial charge in [-0.15, -0.1) is 0 Å². The van der Waals surface area contributed by atoms with Gasteiger partial charge in [-0.25, -0.2) is 15.0 Å². The van der Waals surface area contributed by atoms with E-state index in [1.54, 1.807) is 0 Å². The fourth-order valence-electron chi connectivity index (χ4n) is 7.96. The quantitative estimate of drug-likeness (QED) is 0.168. The molecule has 0 bridgehead atoms. The molecule has 9 aromatic carbocycles. The number of nitrogens with zero attached hydrogens (tertiary/aromatic N) is 3. The second kappa shape index (κ2) is 12.6. The van der Waals surface area contributed by atoms with E-state index < -0.39 is 0 Å². The average Bonchev–Trinajstić information content (AvgIpc) is 3.66. The van der Waals surface area contributed by atoms with Crippen LogP contribution in [0, 0.1) is 0 Å². The van der Waals surface area contributed by atoms with E-state index >= 15 is 0 Å². The molecule has 11 aromatic rings. The van der Waals surface area contributed by atoms with Crippen LogP contribution in [0.2, 0.25) is 0 Å². The molecule has 0 fully saturated rings. The van der Waals surface area contributed by atoms with Gasteiger partial charge in [-0.05, 0) is 85.4 Å². The molecule has 0 radical (unpaired) electrons. The molecule has 256 valence electrons. The molecule has 4 nitrogen and oxygen atoms in total. The maximum absolute atomic E-state index is 6.69. The van der Waals surface area contributed by atoms with Gasteiger partial charge < -0.3 is 4.42 Å². The fourth-order valence-corrected chi connectivity index (χ4v) is 7.96. The van der Waals surface area contributed by atoms with E-state index in [9.17, 15) is 0 Å². The van der Waals surface area contributed by atoms with E-state index in [0.717, 1.165) is 55.1 Å². The van der Waals surface area contributed by atoms with Gasteiger partial charge in [0.05, 0.1) is 0 Å². The first-order chi connectivity index (χ1) is 27.2. The largest absolute Gasteiger partial charge is 0.455 e. The van der Waals surface area contributed by atoms with Gasteiger partial charge in [0.15, 0.2) is 17.5 Å². The Morgan fingerprint density at radius 3 is 1.64 bits per heavy atom. The number of fused-ring (bicyclic) bond motifs is 7. The average molecular weight is 702 g/mol. The summed E-state index contributed by atoms with van der Waals surface area (Å²) in [4.78, 5) is 15.5. The second-order valence-electron chi connectivity index (χ2n) is 14.0. The number of benzene rings is 9. The van der Waals surface area contributed by atoms with Crippen molar-refractivity contribution in [3.63, 3.8) is 0 Å². The Balaban J connectivity index is 1.09. The molecule has 0 amide bonds. The van der Waals surface area contributed by atoms with Crippen molar-refractivity contribution in [1.82, 2.24) is 15.0 Å². The molecular weight excluding hydrogens is 671 g/mol. The minimum atomic E-state index is 0.595. The first kappa shape index (κ1) is 31.1. The standard InChI is InChI=1S/C51H31N3O/c1-3-11-32(12-4-1)36-23-25-41-37(30-36)21-22-38-31-40(24-26-42(38)41)50-52-49(34-14-5-2-6-15-34)53-51(54-50)45-28-27-43(39-20-19-33-13-7-8-16-35(33)29-39)48-47(45)44-17-9-10-18-46(44)55-48/h1-31H. The Morgan fingerprint density at radius 1 is 0.309 bits per heavy atom. The number of furan rings is 1. The predicted octanol–water partition coefficient (Wildman–Crippen LogP) is 13.6. The summed E-state index contributed by atoms with van der Waals surface area (Å²) in [6.45, 7) is 0. The summed E-state index contributed by atoms with van der Waals surface area (Å²) >= 11 is 0. The van der Waals surface area contributed by atoms with Crippen LogP contribution < -0.4 is 0 Å². The highest BCUT2D eigenvalue weighted by molar-refractivity contribution is 6.16. The molecule has 0 aliphatic heterocycles. The summed E-state index contributed by atoms with van der Waals surface area (Å²) < 4.78 is 6.69. The van der Waals surface area contributed by atoms with Gasteiger partial charge in [-0.3, -0.25) is 0 Å².